The molecule has 1 N–H and O–H groups in total. The first-order chi connectivity index (χ1) is 11.5. The number of carboxylic acids is 1. The Balaban J connectivity index is 2.19. The summed E-state index contributed by atoms with van der Waals surface area (Å²) in [5.41, 5.74) is 1.66. The molecule has 0 radical (unpaired) electrons. The number of ether oxygens (including phenoxy) is 1. The molecule has 1 aromatic carbocycles. The largest absolute Gasteiger partial charge is 0.481 e. The number of benzene rings is 1. The van der Waals surface area contributed by atoms with Gasteiger partial charge in [-0.05, 0) is 30.5 Å². The Kier molecular flexibility index (Phi) is 6.94. The second-order valence-electron chi connectivity index (χ2n) is 5.46. The van der Waals surface area contributed by atoms with Crippen molar-refractivity contribution in [1.29, 1.82) is 0 Å². The summed E-state index contributed by atoms with van der Waals surface area (Å²) < 4.78 is 7.36. The molecule has 0 saturated carbocycles. The number of aromatic nitrogens is 2. The molecular weight excluding hydrogens is 351 g/mol. The zero-order chi connectivity index (χ0) is 17.5. The molecule has 5 nitrogen and oxygen atoms in total. The predicted octanol–water partition coefficient (Wildman–Crippen LogP) is 4.43. The van der Waals surface area contributed by atoms with Crippen molar-refractivity contribution in [2.75, 3.05) is 6.61 Å². The number of nitrogens with zero attached hydrogens (tertiary/aromatic N) is 2. The molecule has 0 amide bonds. The first-order valence-electron chi connectivity index (χ1n) is 7.85. The molecule has 0 fully saturated rings. The number of aliphatic carboxylic acids is 1. The third kappa shape index (κ3) is 5.42. The van der Waals surface area contributed by atoms with Gasteiger partial charge < -0.3 is 9.84 Å². The number of halogens is 2. The smallest absolute Gasteiger partial charge is 0.303 e. The second-order valence-corrected chi connectivity index (χ2v) is 6.31. The van der Waals surface area contributed by atoms with Gasteiger partial charge in [0.15, 0.2) is 0 Å². The molecule has 24 heavy (non-hydrogen) atoms. The third-order valence-electron chi connectivity index (χ3n) is 3.52. The maximum atomic E-state index is 10.9. The Labute approximate surface area is 151 Å². The SMILES string of the molecule is CCCCOc1cc(CCC(=O)O)n(Cc2ccc(Cl)cc2Cl)n1. The van der Waals surface area contributed by atoms with E-state index in [4.69, 9.17) is 33.0 Å². The minimum absolute atomic E-state index is 0.0362. The Hall–Kier alpha value is -1.72. The molecule has 2 aromatic rings. The first kappa shape index (κ1) is 18.6. The maximum absolute atomic E-state index is 10.9. The van der Waals surface area contributed by atoms with E-state index in [-0.39, 0.29) is 6.42 Å². The fourth-order valence-electron chi connectivity index (χ4n) is 2.21. The van der Waals surface area contributed by atoms with Crippen LogP contribution in [-0.4, -0.2) is 27.5 Å². The van der Waals surface area contributed by atoms with Crippen molar-refractivity contribution in [1.82, 2.24) is 9.78 Å². The van der Waals surface area contributed by atoms with Crippen LogP contribution in [0.3, 0.4) is 0 Å². The summed E-state index contributed by atoms with van der Waals surface area (Å²) in [6.45, 7) is 3.11. The Morgan fingerprint density at radius 2 is 2.12 bits per heavy atom. The Morgan fingerprint density at radius 1 is 1.33 bits per heavy atom. The Morgan fingerprint density at radius 3 is 2.79 bits per heavy atom. The average molecular weight is 371 g/mol. The molecule has 0 aliphatic rings. The number of hydrogen-bond acceptors (Lipinski definition) is 3. The molecular formula is C17H20Cl2N2O3. The monoisotopic (exact) mass is 370 g/mol. The van der Waals surface area contributed by atoms with Gasteiger partial charge in [0, 0.05) is 21.8 Å². The van der Waals surface area contributed by atoms with Crippen LogP contribution in [0.15, 0.2) is 24.3 Å². The number of hydrogen-bond donors (Lipinski definition) is 1. The lowest BCUT2D eigenvalue weighted by atomic mass is 10.2. The quantitative estimate of drug-likeness (QED) is 0.662. The molecule has 1 aromatic heterocycles. The van der Waals surface area contributed by atoms with E-state index in [1.807, 2.05) is 6.07 Å². The molecule has 1 heterocycles. The fraction of sp³-hybridized carbons (Fsp3) is 0.412. The maximum Gasteiger partial charge on any atom is 0.303 e. The standard InChI is InChI=1S/C17H20Cl2N2O3/c1-2-3-8-24-16-10-14(6-7-17(22)23)21(20-16)11-12-4-5-13(18)9-15(12)19/h4-5,9-10H,2-3,6-8,11H2,1H3,(H,22,23). The molecule has 0 aliphatic carbocycles. The van der Waals surface area contributed by atoms with Gasteiger partial charge in [0.25, 0.3) is 0 Å². The molecule has 0 atom stereocenters. The van der Waals surface area contributed by atoms with Crippen LogP contribution in [0.25, 0.3) is 0 Å². The predicted molar refractivity (Wildman–Crippen MR) is 94.2 cm³/mol. The minimum atomic E-state index is -0.847. The van der Waals surface area contributed by atoms with Crippen molar-refractivity contribution in [2.45, 2.75) is 39.2 Å². The van der Waals surface area contributed by atoms with Gasteiger partial charge in [-0.2, -0.15) is 0 Å². The van der Waals surface area contributed by atoms with Crippen LogP contribution < -0.4 is 4.74 Å². The highest BCUT2D eigenvalue weighted by atomic mass is 35.5. The summed E-state index contributed by atoms with van der Waals surface area (Å²) in [7, 11) is 0. The second kappa shape index (κ2) is 8.94. The lowest BCUT2D eigenvalue weighted by Crippen LogP contribution is -2.09. The normalized spacial score (nSPS) is 10.8. The molecule has 0 bridgehead atoms. The number of aryl methyl sites for hydroxylation is 1. The van der Waals surface area contributed by atoms with E-state index >= 15 is 0 Å². The van der Waals surface area contributed by atoms with Gasteiger partial charge >= 0.3 is 5.97 Å². The number of rotatable bonds is 9. The van der Waals surface area contributed by atoms with Crippen LogP contribution in [0.4, 0.5) is 0 Å². The van der Waals surface area contributed by atoms with E-state index in [9.17, 15) is 4.79 Å². The zero-order valence-corrected chi connectivity index (χ0v) is 15.0. The van der Waals surface area contributed by atoms with Crippen molar-refractivity contribution >= 4 is 29.2 Å². The van der Waals surface area contributed by atoms with Crippen LogP contribution in [0.5, 0.6) is 5.88 Å². The molecule has 0 aliphatic heterocycles. The van der Waals surface area contributed by atoms with Crippen molar-refractivity contribution < 1.29 is 14.6 Å². The summed E-state index contributed by atoms with van der Waals surface area (Å²) >= 11 is 12.1. The van der Waals surface area contributed by atoms with Crippen molar-refractivity contribution in [3.8, 4) is 5.88 Å². The van der Waals surface area contributed by atoms with Crippen LogP contribution in [0.1, 0.15) is 37.4 Å². The zero-order valence-electron chi connectivity index (χ0n) is 13.5. The van der Waals surface area contributed by atoms with Gasteiger partial charge in [0.1, 0.15) is 0 Å². The van der Waals surface area contributed by atoms with Gasteiger partial charge in [-0.15, -0.1) is 5.10 Å². The summed E-state index contributed by atoms with van der Waals surface area (Å²) in [5.74, 6) is -0.338. The van der Waals surface area contributed by atoms with E-state index in [2.05, 4.69) is 12.0 Å². The van der Waals surface area contributed by atoms with Crippen LogP contribution in [0, 0.1) is 0 Å². The van der Waals surface area contributed by atoms with Crippen molar-refractivity contribution in [2.24, 2.45) is 0 Å². The summed E-state index contributed by atoms with van der Waals surface area (Å²) in [4.78, 5) is 10.9. The average Bonchev–Trinajstić information content (AvgIpc) is 2.90. The number of unbranched alkanes of at least 4 members (excludes halogenated alkanes) is 1. The van der Waals surface area contributed by atoms with E-state index in [0.29, 0.717) is 35.5 Å². The highest BCUT2D eigenvalue weighted by Crippen LogP contribution is 2.23. The topological polar surface area (TPSA) is 64.3 Å². The van der Waals surface area contributed by atoms with Crippen LogP contribution in [-0.2, 0) is 17.8 Å². The van der Waals surface area contributed by atoms with Crippen LogP contribution in [0.2, 0.25) is 10.0 Å². The molecule has 7 heteroatoms. The van der Waals surface area contributed by atoms with E-state index in [1.54, 1.807) is 22.9 Å². The van der Waals surface area contributed by atoms with Gasteiger partial charge in [0.2, 0.25) is 5.88 Å². The molecule has 0 spiro atoms. The lowest BCUT2D eigenvalue weighted by Gasteiger charge is -2.08. The minimum Gasteiger partial charge on any atom is -0.481 e. The van der Waals surface area contributed by atoms with Gasteiger partial charge in [-0.1, -0.05) is 42.6 Å². The molecule has 0 saturated heterocycles. The fourth-order valence-corrected chi connectivity index (χ4v) is 2.67. The first-order valence-corrected chi connectivity index (χ1v) is 8.60. The van der Waals surface area contributed by atoms with Crippen molar-refractivity contribution in [3.05, 3.63) is 45.6 Å². The highest BCUT2D eigenvalue weighted by Gasteiger charge is 2.12. The summed E-state index contributed by atoms with van der Waals surface area (Å²) in [6.07, 6.45) is 2.40. The third-order valence-corrected chi connectivity index (χ3v) is 4.11. The summed E-state index contributed by atoms with van der Waals surface area (Å²) in [6, 6.07) is 7.08. The van der Waals surface area contributed by atoms with E-state index < -0.39 is 5.97 Å². The van der Waals surface area contributed by atoms with Crippen molar-refractivity contribution in [3.63, 3.8) is 0 Å². The number of carboxylic acid groups (broad SMARTS) is 1. The molecule has 2 rings (SSSR count). The van der Waals surface area contributed by atoms with Gasteiger partial charge in [-0.25, -0.2) is 0 Å². The highest BCUT2D eigenvalue weighted by molar-refractivity contribution is 6.35. The van der Waals surface area contributed by atoms with Gasteiger partial charge in [-0.3, -0.25) is 9.48 Å². The molecule has 0 unspecified atom stereocenters. The molecule has 130 valence electrons. The van der Waals surface area contributed by atoms with Gasteiger partial charge in [0.05, 0.1) is 19.6 Å². The summed E-state index contributed by atoms with van der Waals surface area (Å²) in [5, 5.41) is 14.5. The van der Waals surface area contributed by atoms with E-state index in [1.165, 1.54) is 0 Å². The van der Waals surface area contributed by atoms with Crippen LogP contribution >= 0.6 is 23.2 Å². The lowest BCUT2D eigenvalue weighted by molar-refractivity contribution is -0.136. The Bertz CT molecular complexity index is 701. The van der Waals surface area contributed by atoms with E-state index in [0.717, 1.165) is 24.1 Å². The number of carbonyl (C=O) groups is 1.